The molecule has 0 saturated heterocycles. The molecule has 0 amide bonds. The number of nitrogens with zero attached hydrogens (tertiary/aromatic N) is 1. The molecule has 0 heterocycles. The maximum absolute atomic E-state index is 11.8. The Morgan fingerprint density at radius 2 is 1.62 bits per heavy atom. The van der Waals surface area contributed by atoms with Gasteiger partial charge in [0.1, 0.15) is 4.38 Å². The molecule has 0 aromatic heterocycles. The smallest absolute Gasteiger partial charge is 0.336 e. The summed E-state index contributed by atoms with van der Waals surface area (Å²) >= 11 is 2.94. The fourth-order valence-electron chi connectivity index (χ4n) is 1.88. The first-order valence-electron chi connectivity index (χ1n) is 6.67. The van der Waals surface area contributed by atoms with Crippen LogP contribution in [-0.4, -0.2) is 28.0 Å². The van der Waals surface area contributed by atoms with Gasteiger partial charge in [-0.3, -0.25) is 0 Å². The fraction of sp³-hybridized carbons (Fsp3) is 0.500. The van der Waals surface area contributed by atoms with Crippen molar-refractivity contribution in [2.24, 2.45) is 4.99 Å². The summed E-state index contributed by atoms with van der Waals surface area (Å²) in [7, 11) is 0. The molecule has 1 N–H and O–H groups in total. The molecule has 0 unspecified atom stereocenters. The highest BCUT2D eigenvalue weighted by Crippen LogP contribution is 2.32. The zero-order valence-electron chi connectivity index (χ0n) is 13.4. The van der Waals surface area contributed by atoms with Crippen molar-refractivity contribution in [2.45, 2.75) is 38.6 Å². The van der Waals surface area contributed by atoms with Crippen LogP contribution in [0.5, 0.6) is 0 Å². The Hall–Kier alpha value is -0.940. The van der Waals surface area contributed by atoms with Gasteiger partial charge in [0.2, 0.25) is 0 Å². The highest BCUT2D eigenvalue weighted by Gasteiger charge is 2.36. The lowest BCUT2D eigenvalue weighted by Gasteiger charge is -2.25. The summed E-state index contributed by atoms with van der Waals surface area (Å²) in [6, 6.07) is 7.73. The molecule has 0 aliphatic rings. The van der Waals surface area contributed by atoms with Gasteiger partial charge in [0, 0.05) is 0 Å². The Morgan fingerprint density at radius 3 is 2.05 bits per heavy atom. The Balaban J connectivity index is 3.43. The first-order valence-corrected chi connectivity index (χ1v) is 9.12. The Morgan fingerprint density at radius 1 is 1.10 bits per heavy atom. The second kappa shape index (κ2) is 6.88. The van der Waals surface area contributed by atoms with Gasteiger partial charge >= 0.3 is 5.97 Å². The third kappa shape index (κ3) is 4.27. The van der Waals surface area contributed by atoms with Crippen LogP contribution < -0.4 is 0 Å². The molecule has 1 aromatic carbocycles. The summed E-state index contributed by atoms with van der Waals surface area (Å²) in [6.45, 7) is 8.00. The third-order valence-electron chi connectivity index (χ3n) is 3.37. The van der Waals surface area contributed by atoms with E-state index < -0.39 is 11.5 Å². The van der Waals surface area contributed by atoms with Crippen molar-refractivity contribution in [3.63, 3.8) is 0 Å². The molecule has 5 heteroatoms. The molecule has 0 saturated carbocycles. The van der Waals surface area contributed by atoms with Crippen LogP contribution in [0.15, 0.2) is 29.3 Å². The number of aliphatic imine (C=N–C) groups is 1. The van der Waals surface area contributed by atoms with Gasteiger partial charge < -0.3 is 5.11 Å². The Labute approximate surface area is 135 Å². The minimum Gasteiger partial charge on any atom is -0.479 e. The molecule has 0 radical (unpaired) electrons. The van der Waals surface area contributed by atoms with E-state index in [1.54, 1.807) is 6.92 Å². The van der Waals surface area contributed by atoms with E-state index in [9.17, 15) is 9.90 Å². The van der Waals surface area contributed by atoms with Crippen molar-refractivity contribution in [3.05, 3.63) is 35.4 Å². The predicted octanol–water partition coefficient (Wildman–Crippen LogP) is 4.37. The monoisotopic (exact) mass is 325 g/mol. The number of benzene rings is 1. The number of carboxylic acid groups (broad SMARTS) is 1. The summed E-state index contributed by atoms with van der Waals surface area (Å²) in [5, 5.41) is 9.69. The van der Waals surface area contributed by atoms with Crippen molar-refractivity contribution in [1.82, 2.24) is 0 Å². The average molecular weight is 325 g/mol. The van der Waals surface area contributed by atoms with E-state index in [4.69, 9.17) is 0 Å². The maximum atomic E-state index is 11.8. The van der Waals surface area contributed by atoms with Crippen LogP contribution in [0.2, 0.25) is 0 Å². The van der Waals surface area contributed by atoms with Crippen molar-refractivity contribution in [2.75, 3.05) is 12.5 Å². The molecule has 1 atom stereocenters. The molecule has 0 bridgehead atoms. The van der Waals surface area contributed by atoms with Crippen molar-refractivity contribution >= 4 is 33.9 Å². The topological polar surface area (TPSA) is 49.7 Å². The van der Waals surface area contributed by atoms with Crippen molar-refractivity contribution in [1.29, 1.82) is 0 Å². The van der Waals surface area contributed by atoms with Gasteiger partial charge in [-0.15, -0.1) is 23.5 Å². The molecular formula is C16H23NO2S2. The predicted molar refractivity (Wildman–Crippen MR) is 94.6 cm³/mol. The minimum atomic E-state index is -1.26. The number of hydrogen-bond acceptors (Lipinski definition) is 4. The van der Waals surface area contributed by atoms with E-state index in [-0.39, 0.29) is 5.41 Å². The second-order valence-corrected chi connectivity index (χ2v) is 7.84. The number of thioether (sulfide) groups is 2. The number of carbonyl (C=O) groups is 1. The van der Waals surface area contributed by atoms with E-state index in [2.05, 4.69) is 25.8 Å². The molecule has 0 spiro atoms. The zero-order valence-corrected chi connectivity index (χ0v) is 15.1. The van der Waals surface area contributed by atoms with Gasteiger partial charge in [-0.05, 0) is 36.0 Å². The highest BCUT2D eigenvalue weighted by atomic mass is 32.2. The van der Waals surface area contributed by atoms with Crippen LogP contribution in [0.3, 0.4) is 0 Å². The maximum Gasteiger partial charge on any atom is 0.336 e. The van der Waals surface area contributed by atoms with E-state index in [0.717, 1.165) is 9.94 Å². The second-order valence-electron chi connectivity index (χ2n) is 5.99. The van der Waals surface area contributed by atoms with Gasteiger partial charge in [0.25, 0.3) is 0 Å². The summed E-state index contributed by atoms with van der Waals surface area (Å²) in [6.07, 6.45) is 3.81. The first kappa shape index (κ1) is 18.1. The third-order valence-corrected chi connectivity index (χ3v) is 5.25. The normalized spacial score (nSPS) is 14.4. The van der Waals surface area contributed by atoms with E-state index in [1.807, 2.05) is 36.8 Å². The minimum absolute atomic E-state index is 0.0268. The Kier molecular flexibility index (Phi) is 5.93. The number of hydrogen-bond donors (Lipinski definition) is 1. The van der Waals surface area contributed by atoms with Crippen LogP contribution in [0.1, 0.15) is 38.8 Å². The standard InChI is InChI=1S/C16H23NO2S2/c1-15(2,3)11-8-7-9-12(10-11)16(4,13(18)19)17-14(20-5)21-6/h7-10H,1-6H3,(H,18,19)/t16-/m1/s1. The SMILES string of the molecule is CSC(=N[C@@](C)(C(=O)O)c1cccc(C(C)(C)C)c1)SC. The molecular weight excluding hydrogens is 302 g/mol. The molecule has 0 fully saturated rings. The van der Waals surface area contributed by atoms with Gasteiger partial charge in [0.15, 0.2) is 5.54 Å². The van der Waals surface area contributed by atoms with Crippen molar-refractivity contribution < 1.29 is 9.90 Å². The van der Waals surface area contributed by atoms with Crippen molar-refractivity contribution in [3.8, 4) is 0 Å². The van der Waals surface area contributed by atoms with Crippen LogP contribution in [-0.2, 0) is 15.7 Å². The fourth-order valence-corrected chi connectivity index (χ4v) is 3.10. The van der Waals surface area contributed by atoms with Crippen LogP contribution in [0.25, 0.3) is 0 Å². The average Bonchev–Trinajstić information content (AvgIpc) is 2.43. The highest BCUT2D eigenvalue weighted by molar-refractivity contribution is 8.38. The van der Waals surface area contributed by atoms with Crippen LogP contribution in [0.4, 0.5) is 0 Å². The largest absolute Gasteiger partial charge is 0.479 e. The molecule has 1 rings (SSSR count). The lowest BCUT2D eigenvalue weighted by atomic mass is 9.83. The van der Waals surface area contributed by atoms with Gasteiger partial charge in [-0.25, -0.2) is 9.79 Å². The van der Waals surface area contributed by atoms with E-state index in [0.29, 0.717) is 5.56 Å². The lowest BCUT2D eigenvalue weighted by Crippen LogP contribution is -2.31. The van der Waals surface area contributed by atoms with E-state index in [1.165, 1.54) is 23.5 Å². The summed E-state index contributed by atoms with van der Waals surface area (Å²) in [5.41, 5.74) is 0.532. The number of rotatable bonds is 3. The molecule has 0 aliphatic heterocycles. The zero-order chi connectivity index (χ0) is 16.3. The number of aliphatic carboxylic acids is 1. The molecule has 21 heavy (non-hydrogen) atoms. The Bertz CT molecular complexity index is 543. The van der Waals surface area contributed by atoms with Crippen LogP contribution in [0, 0.1) is 0 Å². The van der Waals surface area contributed by atoms with E-state index >= 15 is 0 Å². The first-order chi connectivity index (χ1) is 9.65. The van der Waals surface area contributed by atoms with Gasteiger partial charge in [-0.2, -0.15) is 0 Å². The quantitative estimate of drug-likeness (QED) is 0.662. The molecule has 116 valence electrons. The number of carboxylic acids is 1. The summed E-state index contributed by atoms with van der Waals surface area (Å²) < 4.78 is 0.765. The van der Waals surface area contributed by atoms with Gasteiger partial charge in [-0.1, -0.05) is 45.0 Å². The lowest BCUT2D eigenvalue weighted by molar-refractivity contribution is -0.142. The molecule has 0 aliphatic carbocycles. The van der Waals surface area contributed by atoms with Crippen LogP contribution >= 0.6 is 23.5 Å². The van der Waals surface area contributed by atoms with Gasteiger partial charge in [0.05, 0.1) is 0 Å². The summed E-state index contributed by atoms with van der Waals surface area (Å²) in [5.74, 6) is -0.936. The molecule has 1 aromatic rings. The molecule has 3 nitrogen and oxygen atoms in total. The summed E-state index contributed by atoms with van der Waals surface area (Å²) in [4.78, 5) is 16.3.